The number of aromatic nitrogens is 1. The zero-order valence-corrected chi connectivity index (χ0v) is 11.9. The van der Waals surface area contributed by atoms with Crippen LogP contribution in [0.25, 0.3) is 10.9 Å². The molecule has 0 bridgehead atoms. The van der Waals surface area contributed by atoms with E-state index < -0.39 is 0 Å². The minimum absolute atomic E-state index is 0.0651. The lowest BCUT2D eigenvalue weighted by Crippen LogP contribution is -2.35. The largest absolute Gasteiger partial charge is 0.396 e. The van der Waals surface area contributed by atoms with Gasteiger partial charge in [-0.1, -0.05) is 18.2 Å². The van der Waals surface area contributed by atoms with Gasteiger partial charge < -0.3 is 16.0 Å². The van der Waals surface area contributed by atoms with Crippen LogP contribution in [0.2, 0.25) is 0 Å². The van der Waals surface area contributed by atoms with Gasteiger partial charge >= 0.3 is 0 Å². The van der Waals surface area contributed by atoms with E-state index in [1.807, 2.05) is 38.1 Å². The van der Waals surface area contributed by atoms with E-state index in [0.29, 0.717) is 18.8 Å². The van der Waals surface area contributed by atoms with Crippen molar-refractivity contribution in [2.24, 2.45) is 0 Å². The maximum absolute atomic E-state index is 12.0. The molecule has 3 N–H and O–H groups in total. The summed E-state index contributed by atoms with van der Waals surface area (Å²) >= 11 is 0. The van der Waals surface area contributed by atoms with Gasteiger partial charge in [-0.3, -0.25) is 9.78 Å². The lowest BCUT2D eigenvalue weighted by Gasteiger charge is -2.20. The second kappa shape index (κ2) is 6.23. The van der Waals surface area contributed by atoms with Crippen LogP contribution < -0.4 is 11.1 Å². The average molecular weight is 272 g/mol. The fourth-order valence-electron chi connectivity index (χ4n) is 2.21. The molecule has 5 heteroatoms. The van der Waals surface area contributed by atoms with Crippen LogP contribution in [0, 0.1) is 0 Å². The highest BCUT2D eigenvalue weighted by molar-refractivity contribution is 5.98. The maximum atomic E-state index is 12.0. The summed E-state index contributed by atoms with van der Waals surface area (Å²) in [6, 6.07) is 7.73. The van der Waals surface area contributed by atoms with Crippen molar-refractivity contribution in [3.63, 3.8) is 0 Å². The number of fused-ring (bicyclic) bond motifs is 1. The third-order valence-electron chi connectivity index (χ3n) is 3.34. The Morgan fingerprint density at radius 1 is 1.30 bits per heavy atom. The molecule has 106 valence electrons. The van der Waals surface area contributed by atoms with Crippen molar-refractivity contribution in [1.82, 2.24) is 9.88 Å². The van der Waals surface area contributed by atoms with Crippen LogP contribution in [0.15, 0.2) is 30.5 Å². The number of nitrogens with zero attached hydrogens (tertiary/aromatic N) is 2. The SMILES string of the molecule is CCN(CC)C(=O)CNc1c(N)cnc2ccccc12. The van der Waals surface area contributed by atoms with Gasteiger partial charge in [-0.2, -0.15) is 0 Å². The molecule has 20 heavy (non-hydrogen) atoms. The van der Waals surface area contributed by atoms with Gasteiger partial charge in [0, 0.05) is 18.5 Å². The van der Waals surface area contributed by atoms with Crippen molar-refractivity contribution in [2.75, 3.05) is 30.7 Å². The summed E-state index contributed by atoms with van der Waals surface area (Å²) in [5.74, 6) is 0.0651. The highest BCUT2D eigenvalue weighted by Gasteiger charge is 2.11. The molecule has 0 unspecified atom stereocenters. The molecule has 0 spiro atoms. The molecule has 0 aliphatic rings. The van der Waals surface area contributed by atoms with E-state index in [-0.39, 0.29) is 12.5 Å². The summed E-state index contributed by atoms with van der Waals surface area (Å²) < 4.78 is 0. The Morgan fingerprint density at radius 3 is 2.70 bits per heavy atom. The van der Waals surface area contributed by atoms with Crippen LogP contribution in [0.1, 0.15) is 13.8 Å². The number of nitrogens with two attached hydrogens (primary N) is 1. The van der Waals surface area contributed by atoms with Crippen LogP contribution in [-0.2, 0) is 4.79 Å². The quantitative estimate of drug-likeness (QED) is 0.874. The van der Waals surface area contributed by atoms with Gasteiger partial charge in [0.1, 0.15) is 0 Å². The predicted octanol–water partition coefficient (Wildman–Crippen LogP) is 2.10. The van der Waals surface area contributed by atoms with Crippen molar-refractivity contribution in [1.29, 1.82) is 0 Å². The second-order valence-corrected chi connectivity index (χ2v) is 4.53. The predicted molar refractivity (Wildman–Crippen MR) is 82.6 cm³/mol. The Morgan fingerprint density at radius 2 is 2.00 bits per heavy atom. The molecule has 1 aromatic heterocycles. The van der Waals surface area contributed by atoms with E-state index >= 15 is 0 Å². The molecule has 0 aliphatic carbocycles. The summed E-state index contributed by atoms with van der Waals surface area (Å²) in [5, 5.41) is 4.08. The number of para-hydroxylation sites is 1. The number of amides is 1. The molecule has 1 heterocycles. The molecular weight excluding hydrogens is 252 g/mol. The smallest absolute Gasteiger partial charge is 0.241 e. The van der Waals surface area contributed by atoms with E-state index in [1.54, 1.807) is 11.1 Å². The van der Waals surface area contributed by atoms with Crippen molar-refractivity contribution in [3.8, 4) is 0 Å². The number of anilines is 2. The van der Waals surface area contributed by atoms with Gasteiger partial charge in [0.25, 0.3) is 0 Å². The fraction of sp³-hybridized carbons (Fsp3) is 0.333. The van der Waals surface area contributed by atoms with E-state index in [1.165, 1.54) is 0 Å². The van der Waals surface area contributed by atoms with E-state index in [0.717, 1.165) is 16.6 Å². The highest BCUT2D eigenvalue weighted by Crippen LogP contribution is 2.27. The average Bonchev–Trinajstić information content (AvgIpc) is 2.47. The molecule has 0 saturated carbocycles. The zero-order chi connectivity index (χ0) is 14.5. The molecule has 2 rings (SSSR count). The molecule has 0 saturated heterocycles. The van der Waals surface area contributed by atoms with Gasteiger partial charge in [0.2, 0.25) is 5.91 Å². The van der Waals surface area contributed by atoms with Crippen molar-refractivity contribution >= 4 is 28.2 Å². The normalized spacial score (nSPS) is 10.5. The number of likely N-dealkylation sites (N-methyl/N-ethyl adjacent to an activating group) is 1. The second-order valence-electron chi connectivity index (χ2n) is 4.53. The summed E-state index contributed by atoms with van der Waals surface area (Å²) in [6.45, 7) is 5.60. The van der Waals surface area contributed by atoms with Crippen LogP contribution in [0.5, 0.6) is 0 Å². The Balaban J connectivity index is 2.21. The first kappa shape index (κ1) is 14.1. The number of hydrogen-bond acceptors (Lipinski definition) is 4. The zero-order valence-electron chi connectivity index (χ0n) is 11.9. The Labute approximate surface area is 118 Å². The minimum Gasteiger partial charge on any atom is -0.396 e. The van der Waals surface area contributed by atoms with Gasteiger partial charge in [-0.25, -0.2) is 0 Å². The van der Waals surface area contributed by atoms with Crippen LogP contribution in [0.3, 0.4) is 0 Å². The van der Waals surface area contributed by atoms with Gasteiger partial charge in [-0.05, 0) is 19.9 Å². The molecule has 0 atom stereocenters. The van der Waals surface area contributed by atoms with Crippen LogP contribution >= 0.6 is 0 Å². The molecule has 5 nitrogen and oxygen atoms in total. The summed E-state index contributed by atoms with van der Waals surface area (Å²) in [7, 11) is 0. The Hall–Kier alpha value is -2.30. The molecular formula is C15H20N4O. The summed E-state index contributed by atoms with van der Waals surface area (Å²) in [4.78, 5) is 18.1. The Bertz CT molecular complexity index is 608. The standard InChI is InChI=1S/C15H20N4O/c1-3-19(4-2)14(20)10-18-15-11-7-5-6-8-13(11)17-9-12(15)16/h5-9H,3-4,10,16H2,1-2H3,(H,17,18). The van der Waals surface area contributed by atoms with Crippen LogP contribution in [0.4, 0.5) is 11.4 Å². The third-order valence-corrected chi connectivity index (χ3v) is 3.34. The number of carbonyl (C=O) groups excluding carboxylic acids is 1. The van der Waals surface area contributed by atoms with Gasteiger partial charge in [0.15, 0.2) is 0 Å². The van der Waals surface area contributed by atoms with Crippen molar-refractivity contribution in [3.05, 3.63) is 30.5 Å². The first-order valence-electron chi connectivity index (χ1n) is 6.82. The fourth-order valence-corrected chi connectivity index (χ4v) is 2.21. The number of nitrogen functional groups attached to an aromatic ring is 1. The number of hydrogen-bond donors (Lipinski definition) is 2. The molecule has 2 aromatic rings. The van der Waals surface area contributed by atoms with Gasteiger partial charge in [-0.15, -0.1) is 0 Å². The lowest BCUT2D eigenvalue weighted by atomic mass is 10.1. The molecule has 0 fully saturated rings. The van der Waals surface area contributed by atoms with E-state index in [2.05, 4.69) is 10.3 Å². The number of benzene rings is 1. The number of carbonyl (C=O) groups is 1. The third kappa shape index (κ3) is 2.82. The first-order valence-corrected chi connectivity index (χ1v) is 6.82. The number of nitrogens with one attached hydrogen (secondary N) is 1. The van der Waals surface area contributed by atoms with Crippen molar-refractivity contribution in [2.45, 2.75) is 13.8 Å². The first-order chi connectivity index (χ1) is 9.67. The number of pyridine rings is 1. The lowest BCUT2D eigenvalue weighted by molar-refractivity contribution is -0.128. The van der Waals surface area contributed by atoms with Gasteiger partial charge in [0.05, 0.1) is 29.6 Å². The van der Waals surface area contributed by atoms with Crippen molar-refractivity contribution < 1.29 is 4.79 Å². The minimum atomic E-state index is 0.0651. The summed E-state index contributed by atoms with van der Waals surface area (Å²) in [6.07, 6.45) is 1.62. The maximum Gasteiger partial charge on any atom is 0.241 e. The summed E-state index contributed by atoms with van der Waals surface area (Å²) in [5.41, 5.74) is 8.15. The molecule has 1 aromatic carbocycles. The molecule has 0 aliphatic heterocycles. The molecule has 0 radical (unpaired) electrons. The Kier molecular flexibility index (Phi) is 4.40. The number of rotatable bonds is 5. The topological polar surface area (TPSA) is 71.2 Å². The van der Waals surface area contributed by atoms with Crippen LogP contribution in [-0.4, -0.2) is 35.4 Å². The monoisotopic (exact) mass is 272 g/mol. The molecule has 1 amide bonds. The van der Waals surface area contributed by atoms with E-state index in [9.17, 15) is 4.79 Å². The van der Waals surface area contributed by atoms with E-state index in [4.69, 9.17) is 5.73 Å². The highest BCUT2D eigenvalue weighted by atomic mass is 16.2.